The van der Waals surface area contributed by atoms with Gasteiger partial charge in [0.05, 0.1) is 6.61 Å². The molecule has 0 amide bonds. The highest BCUT2D eigenvalue weighted by molar-refractivity contribution is 5.54. The molecule has 17 heavy (non-hydrogen) atoms. The van der Waals surface area contributed by atoms with Crippen molar-refractivity contribution < 1.29 is 5.11 Å². The average Bonchev–Trinajstić information content (AvgIpc) is 2.46. The van der Waals surface area contributed by atoms with E-state index in [2.05, 4.69) is 42.5 Å². The van der Waals surface area contributed by atoms with Crippen LogP contribution in [-0.2, 0) is 0 Å². The number of hydrogen-bond donors (Lipinski definition) is 1. The number of aliphatic hydroxyl groups excluding tert-OH is 1. The molecule has 0 atom stereocenters. The third kappa shape index (κ3) is 3.43. The van der Waals surface area contributed by atoms with Gasteiger partial charge in [-0.25, -0.2) is 0 Å². The van der Waals surface area contributed by atoms with E-state index in [1.807, 2.05) is 6.08 Å². The topological polar surface area (TPSA) is 20.2 Å². The number of fused-ring (bicyclic) bond motifs is 1. The average molecular weight is 226 g/mol. The smallest absolute Gasteiger partial charge is 0.0615 e. The fourth-order valence-corrected chi connectivity index (χ4v) is 2.02. The van der Waals surface area contributed by atoms with Crippen molar-refractivity contribution in [3.8, 4) is 0 Å². The van der Waals surface area contributed by atoms with Gasteiger partial charge in [0, 0.05) is 0 Å². The minimum atomic E-state index is 0.0962. The van der Waals surface area contributed by atoms with Crippen LogP contribution in [0.15, 0.2) is 48.1 Å². The molecule has 0 radical (unpaired) electrons. The van der Waals surface area contributed by atoms with E-state index in [9.17, 15) is 0 Å². The number of allylic oxidation sites excluding steroid dienone is 3. The van der Waals surface area contributed by atoms with Gasteiger partial charge >= 0.3 is 0 Å². The Balaban J connectivity index is 2.49. The van der Waals surface area contributed by atoms with Crippen molar-refractivity contribution in [3.63, 3.8) is 0 Å². The Morgan fingerprint density at radius 3 is 2.65 bits per heavy atom. The second-order valence-corrected chi connectivity index (χ2v) is 4.20. The van der Waals surface area contributed by atoms with Crippen LogP contribution in [-0.4, -0.2) is 11.7 Å². The van der Waals surface area contributed by atoms with Gasteiger partial charge < -0.3 is 5.11 Å². The lowest BCUT2D eigenvalue weighted by Crippen LogP contribution is -2.23. The molecule has 2 rings (SSSR count). The Hall–Kier alpha value is -1.60. The van der Waals surface area contributed by atoms with Crippen LogP contribution in [0.1, 0.15) is 19.3 Å². The molecule has 1 aliphatic rings. The van der Waals surface area contributed by atoms with Gasteiger partial charge in [-0.05, 0) is 41.3 Å². The van der Waals surface area contributed by atoms with E-state index in [-0.39, 0.29) is 6.61 Å². The Kier molecular flexibility index (Phi) is 4.34. The van der Waals surface area contributed by atoms with Crippen LogP contribution in [0.4, 0.5) is 0 Å². The second-order valence-electron chi connectivity index (χ2n) is 4.20. The molecule has 1 aliphatic carbocycles. The summed E-state index contributed by atoms with van der Waals surface area (Å²) in [6, 6.07) is 8.44. The molecule has 0 heterocycles. The zero-order valence-corrected chi connectivity index (χ0v) is 9.97. The van der Waals surface area contributed by atoms with Crippen LogP contribution in [0.3, 0.4) is 0 Å². The zero-order valence-electron chi connectivity index (χ0n) is 9.97. The van der Waals surface area contributed by atoms with Gasteiger partial charge in [0.15, 0.2) is 0 Å². The minimum absolute atomic E-state index is 0.0962. The molecule has 0 saturated carbocycles. The molecule has 1 aromatic rings. The fraction of sp³-hybridized carbons (Fsp3) is 0.250. The molecule has 0 spiro atoms. The summed E-state index contributed by atoms with van der Waals surface area (Å²) in [5.74, 6) is 0. The number of benzene rings is 1. The maximum absolute atomic E-state index is 8.84. The Morgan fingerprint density at radius 1 is 1.06 bits per heavy atom. The van der Waals surface area contributed by atoms with Crippen LogP contribution in [0.2, 0.25) is 0 Å². The lowest BCUT2D eigenvalue weighted by Gasteiger charge is -1.94. The number of rotatable bonds is 2. The first-order valence-corrected chi connectivity index (χ1v) is 6.15. The second kappa shape index (κ2) is 6.21. The first kappa shape index (κ1) is 11.9. The van der Waals surface area contributed by atoms with Crippen molar-refractivity contribution in [3.05, 3.63) is 58.5 Å². The van der Waals surface area contributed by atoms with Crippen LogP contribution < -0.4 is 10.4 Å². The molecule has 1 N–H and O–H groups in total. The van der Waals surface area contributed by atoms with E-state index >= 15 is 0 Å². The highest BCUT2D eigenvalue weighted by Crippen LogP contribution is 2.06. The van der Waals surface area contributed by atoms with Gasteiger partial charge in [0.1, 0.15) is 0 Å². The minimum Gasteiger partial charge on any atom is -0.392 e. The molecule has 0 unspecified atom stereocenters. The summed E-state index contributed by atoms with van der Waals surface area (Å²) in [7, 11) is 0. The summed E-state index contributed by atoms with van der Waals surface area (Å²) in [5.41, 5.74) is 1.18. The predicted octanol–water partition coefficient (Wildman–Crippen LogP) is 1.91. The summed E-state index contributed by atoms with van der Waals surface area (Å²) in [6.45, 7) is 0.0962. The van der Waals surface area contributed by atoms with Crippen molar-refractivity contribution in [2.45, 2.75) is 19.3 Å². The first-order valence-electron chi connectivity index (χ1n) is 6.15. The molecule has 0 saturated heterocycles. The van der Waals surface area contributed by atoms with Crippen molar-refractivity contribution in [2.24, 2.45) is 0 Å². The summed E-state index contributed by atoms with van der Waals surface area (Å²) in [5, 5.41) is 11.4. The van der Waals surface area contributed by atoms with Crippen LogP contribution in [0.25, 0.3) is 12.2 Å². The van der Waals surface area contributed by atoms with Gasteiger partial charge in [0.25, 0.3) is 0 Å². The lowest BCUT2D eigenvalue weighted by molar-refractivity contribution is 0.342. The molecular formula is C16H18O. The van der Waals surface area contributed by atoms with E-state index in [1.54, 1.807) is 6.08 Å². The summed E-state index contributed by atoms with van der Waals surface area (Å²) in [6.07, 6.45) is 13.9. The molecule has 0 bridgehead atoms. The van der Waals surface area contributed by atoms with E-state index in [4.69, 9.17) is 5.11 Å². The maximum Gasteiger partial charge on any atom is 0.0615 e. The van der Waals surface area contributed by atoms with Crippen LogP contribution in [0.5, 0.6) is 0 Å². The van der Waals surface area contributed by atoms with E-state index in [0.717, 1.165) is 12.8 Å². The lowest BCUT2D eigenvalue weighted by atomic mass is 10.1. The summed E-state index contributed by atoms with van der Waals surface area (Å²) in [4.78, 5) is 0. The van der Waals surface area contributed by atoms with Crippen molar-refractivity contribution in [2.75, 3.05) is 6.61 Å². The Bertz CT molecular complexity index is 535. The summed E-state index contributed by atoms with van der Waals surface area (Å²) >= 11 is 0. The first-order chi connectivity index (χ1) is 8.40. The highest BCUT2D eigenvalue weighted by atomic mass is 16.2. The van der Waals surface area contributed by atoms with Crippen molar-refractivity contribution >= 4 is 12.2 Å². The molecule has 88 valence electrons. The largest absolute Gasteiger partial charge is 0.392 e. The van der Waals surface area contributed by atoms with Crippen molar-refractivity contribution in [1.29, 1.82) is 0 Å². The van der Waals surface area contributed by atoms with Crippen molar-refractivity contribution in [1.82, 2.24) is 0 Å². The third-order valence-corrected chi connectivity index (χ3v) is 2.89. The molecule has 1 heteroatoms. The molecule has 0 aliphatic heterocycles. The normalized spacial score (nSPS) is 23.0. The molecule has 1 aromatic carbocycles. The molecule has 1 nitrogen and oxygen atoms in total. The monoisotopic (exact) mass is 226 g/mol. The third-order valence-electron chi connectivity index (χ3n) is 2.89. The highest BCUT2D eigenvalue weighted by Gasteiger charge is 1.93. The van der Waals surface area contributed by atoms with Crippen LogP contribution >= 0.6 is 0 Å². The van der Waals surface area contributed by atoms with Gasteiger partial charge in [-0.3, -0.25) is 0 Å². The summed E-state index contributed by atoms with van der Waals surface area (Å²) < 4.78 is 0. The van der Waals surface area contributed by atoms with E-state index in [0.29, 0.717) is 0 Å². The van der Waals surface area contributed by atoms with Gasteiger partial charge in [-0.15, -0.1) is 0 Å². The quantitative estimate of drug-likeness (QED) is 0.816. The SMILES string of the molecule is OC/C=C/C1=C/CCC\C=c2\cccc\c2=C\1. The van der Waals surface area contributed by atoms with Gasteiger partial charge in [-0.2, -0.15) is 0 Å². The number of aliphatic hydroxyl groups is 1. The maximum atomic E-state index is 8.84. The molecule has 0 fully saturated rings. The Morgan fingerprint density at radius 2 is 1.82 bits per heavy atom. The van der Waals surface area contributed by atoms with Gasteiger partial charge in [0.2, 0.25) is 0 Å². The predicted molar refractivity (Wildman–Crippen MR) is 72.8 cm³/mol. The zero-order chi connectivity index (χ0) is 11.9. The van der Waals surface area contributed by atoms with E-state index < -0.39 is 0 Å². The fourth-order valence-electron chi connectivity index (χ4n) is 2.02. The van der Waals surface area contributed by atoms with Gasteiger partial charge in [-0.1, -0.05) is 48.6 Å². The van der Waals surface area contributed by atoms with Crippen LogP contribution in [0, 0.1) is 0 Å². The van der Waals surface area contributed by atoms with E-state index in [1.165, 1.54) is 22.4 Å². The Labute approximate surface area is 102 Å². The molecule has 0 aromatic heterocycles. The standard InChI is InChI=1S/C16H18O/c17-12-6-8-14-7-2-1-3-9-15-10-4-5-11-16(15)13-14/h4-11,13,17H,1-3,12H2/b8-6+,14-7-,15-9-,16-13-. The molecular weight excluding hydrogens is 208 g/mol. The number of hydrogen-bond acceptors (Lipinski definition) is 1.